The SMILES string of the molecule is O=C(CSc1nnc(-c2ccc(Cl)cc2)n1-c1ccc(Cl)cc1)NCc1ccccc1. The Morgan fingerprint density at radius 1 is 0.871 bits per heavy atom. The summed E-state index contributed by atoms with van der Waals surface area (Å²) >= 11 is 13.4. The molecule has 8 heteroatoms. The molecule has 0 spiro atoms. The highest BCUT2D eigenvalue weighted by atomic mass is 35.5. The summed E-state index contributed by atoms with van der Waals surface area (Å²) in [7, 11) is 0. The maximum absolute atomic E-state index is 12.4. The van der Waals surface area contributed by atoms with Crippen LogP contribution in [0.4, 0.5) is 0 Å². The smallest absolute Gasteiger partial charge is 0.230 e. The Morgan fingerprint density at radius 2 is 1.52 bits per heavy atom. The summed E-state index contributed by atoms with van der Waals surface area (Å²) in [5.74, 6) is 0.804. The molecule has 1 heterocycles. The molecule has 0 saturated carbocycles. The number of carbonyl (C=O) groups is 1. The highest BCUT2D eigenvalue weighted by Crippen LogP contribution is 2.29. The Labute approximate surface area is 194 Å². The second-order valence-electron chi connectivity index (χ2n) is 6.68. The molecule has 5 nitrogen and oxygen atoms in total. The third-order valence-corrected chi connectivity index (χ3v) is 5.92. The zero-order valence-corrected chi connectivity index (χ0v) is 18.7. The fourth-order valence-corrected chi connectivity index (χ4v) is 3.98. The van der Waals surface area contributed by atoms with E-state index in [2.05, 4.69) is 15.5 Å². The number of nitrogens with zero attached hydrogens (tertiary/aromatic N) is 3. The second-order valence-corrected chi connectivity index (χ2v) is 8.49. The van der Waals surface area contributed by atoms with Gasteiger partial charge < -0.3 is 5.32 Å². The highest BCUT2D eigenvalue weighted by molar-refractivity contribution is 7.99. The van der Waals surface area contributed by atoms with Crippen molar-refractivity contribution in [1.29, 1.82) is 0 Å². The van der Waals surface area contributed by atoms with Crippen LogP contribution in [0.5, 0.6) is 0 Å². The van der Waals surface area contributed by atoms with Crippen LogP contribution in [0.2, 0.25) is 10.0 Å². The van der Waals surface area contributed by atoms with E-state index in [0.29, 0.717) is 27.6 Å². The zero-order valence-electron chi connectivity index (χ0n) is 16.3. The van der Waals surface area contributed by atoms with Crippen molar-refractivity contribution in [3.63, 3.8) is 0 Å². The molecule has 4 aromatic rings. The third-order valence-electron chi connectivity index (χ3n) is 4.49. The topological polar surface area (TPSA) is 59.8 Å². The molecule has 3 aromatic carbocycles. The Kier molecular flexibility index (Phi) is 6.92. The van der Waals surface area contributed by atoms with Crippen molar-refractivity contribution in [3.8, 4) is 17.1 Å². The van der Waals surface area contributed by atoms with E-state index in [9.17, 15) is 4.79 Å². The zero-order chi connectivity index (χ0) is 21.6. The van der Waals surface area contributed by atoms with Crippen molar-refractivity contribution in [2.75, 3.05) is 5.75 Å². The van der Waals surface area contributed by atoms with E-state index in [1.807, 2.05) is 83.4 Å². The minimum atomic E-state index is -0.0763. The lowest BCUT2D eigenvalue weighted by Gasteiger charge is -2.11. The quantitative estimate of drug-likeness (QED) is 0.356. The van der Waals surface area contributed by atoms with Crippen LogP contribution in [-0.4, -0.2) is 26.4 Å². The molecule has 1 N–H and O–H groups in total. The number of hydrogen-bond acceptors (Lipinski definition) is 4. The van der Waals surface area contributed by atoms with Crippen LogP contribution in [0.1, 0.15) is 5.56 Å². The summed E-state index contributed by atoms with van der Waals surface area (Å²) in [5.41, 5.74) is 2.77. The Hall–Kier alpha value is -2.80. The largest absolute Gasteiger partial charge is 0.351 e. The lowest BCUT2D eigenvalue weighted by atomic mass is 10.2. The van der Waals surface area contributed by atoms with Crippen molar-refractivity contribution in [3.05, 3.63) is 94.5 Å². The minimum Gasteiger partial charge on any atom is -0.351 e. The predicted octanol–water partition coefficient (Wildman–Crippen LogP) is 5.65. The van der Waals surface area contributed by atoms with Gasteiger partial charge in [0.1, 0.15) is 0 Å². The molecule has 0 aliphatic carbocycles. The van der Waals surface area contributed by atoms with Gasteiger partial charge in [-0.3, -0.25) is 9.36 Å². The molecule has 0 aliphatic heterocycles. The molecule has 4 rings (SSSR count). The fourth-order valence-electron chi connectivity index (χ4n) is 2.95. The van der Waals surface area contributed by atoms with E-state index >= 15 is 0 Å². The van der Waals surface area contributed by atoms with Gasteiger partial charge >= 0.3 is 0 Å². The molecule has 0 radical (unpaired) electrons. The molecule has 1 amide bonds. The Balaban J connectivity index is 1.55. The van der Waals surface area contributed by atoms with Crippen LogP contribution < -0.4 is 5.32 Å². The lowest BCUT2D eigenvalue weighted by Crippen LogP contribution is -2.24. The Bertz CT molecular complexity index is 1160. The van der Waals surface area contributed by atoms with Crippen molar-refractivity contribution in [2.24, 2.45) is 0 Å². The first-order chi connectivity index (χ1) is 15.1. The van der Waals surface area contributed by atoms with Crippen molar-refractivity contribution in [1.82, 2.24) is 20.1 Å². The number of rotatable bonds is 7. The molecule has 0 saturated heterocycles. The first kappa shape index (κ1) is 21.4. The number of nitrogens with one attached hydrogen (secondary N) is 1. The number of carbonyl (C=O) groups excluding carboxylic acids is 1. The molecule has 0 bridgehead atoms. The molecule has 0 fully saturated rings. The number of halogens is 2. The van der Waals surface area contributed by atoms with Crippen LogP contribution >= 0.6 is 35.0 Å². The highest BCUT2D eigenvalue weighted by Gasteiger charge is 2.17. The van der Waals surface area contributed by atoms with Gasteiger partial charge in [0, 0.05) is 27.8 Å². The normalized spacial score (nSPS) is 10.8. The molecule has 156 valence electrons. The number of hydrogen-bond donors (Lipinski definition) is 1. The molecular weight excluding hydrogens is 451 g/mol. The number of thioether (sulfide) groups is 1. The third kappa shape index (κ3) is 5.47. The van der Waals surface area contributed by atoms with Crippen LogP contribution in [-0.2, 0) is 11.3 Å². The van der Waals surface area contributed by atoms with Gasteiger partial charge in [0.25, 0.3) is 0 Å². The van der Waals surface area contributed by atoms with E-state index in [4.69, 9.17) is 23.2 Å². The second kappa shape index (κ2) is 10.0. The summed E-state index contributed by atoms with van der Waals surface area (Å²) in [6, 6.07) is 24.6. The van der Waals surface area contributed by atoms with Crippen LogP contribution in [0.15, 0.2) is 84.0 Å². The first-order valence-corrected chi connectivity index (χ1v) is 11.2. The molecule has 1 aromatic heterocycles. The van der Waals surface area contributed by atoms with E-state index in [1.54, 1.807) is 0 Å². The molecule has 0 unspecified atom stereocenters. The average Bonchev–Trinajstić information content (AvgIpc) is 3.22. The van der Waals surface area contributed by atoms with E-state index in [-0.39, 0.29) is 11.7 Å². The number of amides is 1. The van der Waals surface area contributed by atoms with Crippen LogP contribution in [0.3, 0.4) is 0 Å². The van der Waals surface area contributed by atoms with Crippen LogP contribution in [0, 0.1) is 0 Å². The monoisotopic (exact) mass is 468 g/mol. The van der Waals surface area contributed by atoms with E-state index in [0.717, 1.165) is 16.8 Å². The molecule has 0 aliphatic rings. The molecule has 31 heavy (non-hydrogen) atoms. The number of aromatic nitrogens is 3. The summed E-state index contributed by atoms with van der Waals surface area (Å²) in [5, 5.41) is 13.5. The predicted molar refractivity (Wildman–Crippen MR) is 126 cm³/mol. The number of benzene rings is 3. The van der Waals surface area contributed by atoms with Gasteiger partial charge in [0.2, 0.25) is 5.91 Å². The summed E-state index contributed by atoms with van der Waals surface area (Å²) in [6.45, 7) is 0.486. The summed E-state index contributed by atoms with van der Waals surface area (Å²) in [6.07, 6.45) is 0. The standard InChI is InChI=1S/C23H18Cl2N4OS/c24-18-8-6-17(7-9-18)22-27-28-23(29(22)20-12-10-19(25)11-13-20)31-15-21(30)26-14-16-4-2-1-3-5-16/h1-13H,14-15H2,(H,26,30). The first-order valence-electron chi connectivity index (χ1n) is 9.51. The van der Waals surface area contributed by atoms with Gasteiger partial charge in [-0.05, 0) is 54.1 Å². The minimum absolute atomic E-state index is 0.0763. The molecular formula is C23H18Cl2N4OS. The maximum Gasteiger partial charge on any atom is 0.230 e. The van der Waals surface area contributed by atoms with Gasteiger partial charge in [0.05, 0.1) is 5.75 Å². The Morgan fingerprint density at radius 3 is 2.19 bits per heavy atom. The van der Waals surface area contributed by atoms with Crippen molar-refractivity contribution >= 4 is 40.9 Å². The fraction of sp³-hybridized carbons (Fsp3) is 0.0870. The van der Waals surface area contributed by atoms with Crippen LogP contribution in [0.25, 0.3) is 17.1 Å². The van der Waals surface area contributed by atoms with Gasteiger partial charge in [-0.25, -0.2) is 0 Å². The van der Waals surface area contributed by atoms with E-state index in [1.165, 1.54) is 11.8 Å². The summed E-state index contributed by atoms with van der Waals surface area (Å²) < 4.78 is 1.91. The van der Waals surface area contributed by atoms with Gasteiger partial charge in [0.15, 0.2) is 11.0 Å². The maximum atomic E-state index is 12.4. The van der Waals surface area contributed by atoms with Gasteiger partial charge in [-0.1, -0.05) is 65.3 Å². The van der Waals surface area contributed by atoms with Gasteiger partial charge in [-0.2, -0.15) is 0 Å². The van der Waals surface area contributed by atoms with Crippen molar-refractivity contribution in [2.45, 2.75) is 11.7 Å². The lowest BCUT2D eigenvalue weighted by molar-refractivity contribution is -0.118. The van der Waals surface area contributed by atoms with E-state index < -0.39 is 0 Å². The van der Waals surface area contributed by atoms with Crippen molar-refractivity contribution < 1.29 is 4.79 Å². The average molecular weight is 469 g/mol. The summed E-state index contributed by atoms with van der Waals surface area (Å²) in [4.78, 5) is 12.4. The molecule has 0 atom stereocenters. The van der Waals surface area contributed by atoms with Gasteiger partial charge in [-0.15, -0.1) is 10.2 Å².